The third kappa shape index (κ3) is 1.78. The summed E-state index contributed by atoms with van der Waals surface area (Å²) in [5.41, 5.74) is 3.19. The summed E-state index contributed by atoms with van der Waals surface area (Å²) in [6.07, 6.45) is 0. The standard InChI is InChI=1S/C12H14FN3/c1-8-12(9(2)16(3)15-8)14-11-7-5-4-6-10(11)13/h4-7,14H,1-3H3. The van der Waals surface area contributed by atoms with E-state index in [0.29, 0.717) is 5.69 Å². The molecule has 0 unspecified atom stereocenters. The van der Waals surface area contributed by atoms with Crippen molar-refractivity contribution in [3.8, 4) is 0 Å². The second kappa shape index (κ2) is 3.96. The summed E-state index contributed by atoms with van der Waals surface area (Å²) in [6.45, 7) is 3.85. The number of nitrogens with zero attached hydrogens (tertiary/aromatic N) is 2. The lowest BCUT2D eigenvalue weighted by Crippen LogP contribution is -1.97. The predicted octanol–water partition coefficient (Wildman–Crippen LogP) is 2.92. The summed E-state index contributed by atoms with van der Waals surface area (Å²) in [7, 11) is 1.87. The molecule has 84 valence electrons. The Morgan fingerprint density at radius 1 is 1.25 bits per heavy atom. The average molecular weight is 219 g/mol. The SMILES string of the molecule is Cc1nn(C)c(C)c1Nc1ccccc1F. The third-order valence-corrected chi connectivity index (χ3v) is 2.64. The first-order chi connectivity index (χ1) is 7.59. The van der Waals surface area contributed by atoms with Gasteiger partial charge in [0.05, 0.1) is 22.8 Å². The first-order valence-corrected chi connectivity index (χ1v) is 5.11. The largest absolute Gasteiger partial charge is 0.350 e. The molecule has 1 heterocycles. The lowest BCUT2D eigenvalue weighted by molar-refractivity contribution is 0.632. The average Bonchev–Trinajstić information content (AvgIpc) is 2.48. The summed E-state index contributed by atoms with van der Waals surface area (Å²) in [6, 6.07) is 6.61. The Labute approximate surface area is 93.9 Å². The van der Waals surface area contributed by atoms with Crippen molar-refractivity contribution in [3.63, 3.8) is 0 Å². The molecule has 0 atom stereocenters. The second-order valence-corrected chi connectivity index (χ2v) is 3.77. The molecular formula is C12H14FN3. The van der Waals surface area contributed by atoms with Gasteiger partial charge < -0.3 is 5.32 Å². The van der Waals surface area contributed by atoms with Crippen LogP contribution in [0.25, 0.3) is 0 Å². The molecule has 0 fully saturated rings. The summed E-state index contributed by atoms with van der Waals surface area (Å²) in [5.74, 6) is -0.259. The highest BCUT2D eigenvalue weighted by Crippen LogP contribution is 2.24. The molecule has 0 saturated carbocycles. The van der Waals surface area contributed by atoms with E-state index in [4.69, 9.17) is 0 Å². The van der Waals surface area contributed by atoms with Crippen LogP contribution >= 0.6 is 0 Å². The van der Waals surface area contributed by atoms with E-state index in [1.807, 2.05) is 20.9 Å². The molecule has 0 bridgehead atoms. The van der Waals surface area contributed by atoms with Crippen molar-refractivity contribution >= 4 is 11.4 Å². The van der Waals surface area contributed by atoms with Crippen molar-refractivity contribution in [1.82, 2.24) is 9.78 Å². The minimum absolute atomic E-state index is 0.259. The van der Waals surface area contributed by atoms with Gasteiger partial charge in [0.1, 0.15) is 5.82 Å². The van der Waals surface area contributed by atoms with Gasteiger partial charge in [-0.3, -0.25) is 4.68 Å². The molecule has 0 spiro atoms. The number of halogens is 1. The van der Waals surface area contributed by atoms with Gasteiger partial charge >= 0.3 is 0 Å². The smallest absolute Gasteiger partial charge is 0.146 e. The van der Waals surface area contributed by atoms with Crippen LogP contribution < -0.4 is 5.32 Å². The highest BCUT2D eigenvalue weighted by Gasteiger charge is 2.10. The zero-order valence-electron chi connectivity index (χ0n) is 9.58. The van der Waals surface area contributed by atoms with Crippen LogP contribution in [-0.4, -0.2) is 9.78 Å². The van der Waals surface area contributed by atoms with E-state index in [0.717, 1.165) is 17.1 Å². The van der Waals surface area contributed by atoms with Crippen LogP contribution in [0, 0.1) is 19.7 Å². The van der Waals surface area contributed by atoms with Gasteiger partial charge in [-0.15, -0.1) is 0 Å². The number of rotatable bonds is 2. The zero-order valence-corrected chi connectivity index (χ0v) is 9.58. The van der Waals surface area contributed by atoms with E-state index >= 15 is 0 Å². The maximum atomic E-state index is 13.5. The van der Waals surface area contributed by atoms with Crippen molar-refractivity contribution in [1.29, 1.82) is 0 Å². The van der Waals surface area contributed by atoms with E-state index in [1.54, 1.807) is 22.9 Å². The molecule has 0 amide bonds. The van der Waals surface area contributed by atoms with Crippen LogP contribution in [-0.2, 0) is 7.05 Å². The fourth-order valence-corrected chi connectivity index (χ4v) is 1.65. The van der Waals surface area contributed by atoms with Gasteiger partial charge in [-0.25, -0.2) is 4.39 Å². The highest BCUT2D eigenvalue weighted by molar-refractivity contribution is 5.64. The maximum absolute atomic E-state index is 13.5. The predicted molar refractivity (Wildman–Crippen MR) is 62.4 cm³/mol. The van der Waals surface area contributed by atoms with Gasteiger partial charge in [-0.2, -0.15) is 5.10 Å². The van der Waals surface area contributed by atoms with Gasteiger partial charge in [0.2, 0.25) is 0 Å². The van der Waals surface area contributed by atoms with E-state index < -0.39 is 0 Å². The molecule has 0 aliphatic carbocycles. The fourth-order valence-electron chi connectivity index (χ4n) is 1.65. The number of hydrogen-bond acceptors (Lipinski definition) is 2. The van der Waals surface area contributed by atoms with Crippen LogP contribution in [0.5, 0.6) is 0 Å². The number of anilines is 2. The Morgan fingerprint density at radius 3 is 2.50 bits per heavy atom. The molecule has 4 heteroatoms. The van der Waals surface area contributed by atoms with Crippen molar-refractivity contribution in [2.45, 2.75) is 13.8 Å². The molecule has 1 aromatic carbocycles. The van der Waals surface area contributed by atoms with E-state index in [2.05, 4.69) is 10.4 Å². The maximum Gasteiger partial charge on any atom is 0.146 e. The molecule has 1 aromatic heterocycles. The Bertz CT molecular complexity index is 517. The van der Waals surface area contributed by atoms with Gasteiger partial charge in [-0.05, 0) is 26.0 Å². The first kappa shape index (κ1) is 10.7. The molecule has 0 saturated heterocycles. The fraction of sp³-hybridized carbons (Fsp3) is 0.250. The number of hydrogen-bond donors (Lipinski definition) is 1. The molecule has 2 rings (SSSR count). The minimum Gasteiger partial charge on any atom is -0.350 e. The molecule has 2 aromatic rings. The summed E-state index contributed by atoms with van der Waals surface area (Å²) >= 11 is 0. The second-order valence-electron chi connectivity index (χ2n) is 3.77. The van der Waals surface area contributed by atoms with Gasteiger partial charge in [0.25, 0.3) is 0 Å². The Hall–Kier alpha value is -1.84. The van der Waals surface area contributed by atoms with Gasteiger partial charge in [0.15, 0.2) is 0 Å². The lowest BCUT2D eigenvalue weighted by Gasteiger charge is -2.07. The quantitative estimate of drug-likeness (QED) is 0.841. The van der Waals surface area contributed by atoms with Crippen LogP contribution in [0.2, 0.25) is 0 Å². The normalized spacial score (nSPS) is 10.5. The molecule has 0 aliphatic heterocycles. The van der Waals surface area contributed by atoms with Crippen LogP contribution in [0.4, 0.5) is 15.8 Å². The molecule has 0 radical (unpaired) electrons. The van der Waals surface area contributed by atoms with Crippen molar-refractivity contribution in [2.24, 2.45) is 7.05 Å². The number of aryl methyl sites for hydroxylation is 2. The zero-order chi connectivity index (χ0) is 11.7. The summed E-state index contributed by atoms with van der Waals surface area (Å²) in [5, 5.41) is 7.34. The van der Waals surface area contributed by atoms with Crippen molar-refractivity contribution in [3.05, 3.63) is 41.5 Å². The Morgan fingerprint density at radius 2 is 1.94 bits per heavy atom. The molecular weight excluding hydrogens is 205 g/mol. The number of aromatic nitrogens is 2. The molecule has 16 heavy (non-hydrogen) atoms. The number of benzene rings is 1. The van der Waals surface area contributed by atoms with Crippen LogP contribution in [0.1, 0.15) is 11.4 Å². The minimum atomic E-state index is -0.259. The van der Waals surface area contributed by atoms with Crippen LogP contribution in [0.3, 0.4) is 0 Å². The van der Waals surface area contributed by atoms with Gasteiger partial charge in [-0.1, -0.05) is 12.1 Å². The monoisotopic (exact) mass is 219 g/mol. The first-order valence-electron chi connectivity index (χ1n) is 5.11. The third-order valence-electron chi connectivity index (χ3n) is 2.64. The number of nitrogens with one attached hydrogen (secondary N) is 1. The summed E-state index contributed by atoms with van der Waals surface area (Å²) < 4.78 is 15.2. The molecule has 1 N–H and O–H groups in total. The summed E-state index contributed by atoms with van der Waals surface area (Å²) in [4.78, 5) is 0. The topological polar surface area (TPSA) is 29.9 Å². The van der Waals surface area contributed by atoms with Gasteiger partial charge in [0, 0.05) is 7.05 Å². The Balaban J connectivity index is 2.38. The van der Waals surface area contributed by atoms with E-state index in [1.165, 1.54) is 6.07 Å². The lowest BCUT2D eigenvalue weighted by atomic mass is 10.2. The molecule has 3 nitrogen and oxygen atoms in total. The van der Waals surface area contributed by atoms with E-state index in [9.17, 15) is 4.39 Å². The van der Waals surface area contributed by atoms with Crippen molar-refractivity contribution in [2.75, 3.05) is 5.32 Å². The van der Waals surface area contributed by atoms with Crippen LogP contribution in [0.15, 0.2) is 24.3 Å². The molecule has 0 aliphatic rings. The highest BCUT2D eigenvalue weighted by atomic mass is 19.1. The number of para-hydroxylation sites is 1. The Kier molecular flexibility index (Phi) is 2.64. The van der Waals surface area contributed by atoms with Crippen molar-refractivity contribution < 1.29 is 4.39 Å². The van der Waals surface area contributed by atoms with E-state index in [-0.39, 0.29) is 5.82 Å².